The molecule has 1 heterocycles. The van der Waals surface area contributed by atoms with E-state index in [1.165, 1.54) is 11.9 Å². The maximum Gasteiger partial charge on any atom is 0.416 e. The zero-order valence-electron chi connectivity index (χ0n) is 17.2. The number of benzene rings is 1. The molecule has 1 aromatic carbocycles. The molecule has 1 aliphatic carbocycles. The predicted octanol–water partition coefficient (Wildman–Crippen LogP) is 3.31. The van der Waals surface area contributed by atoms with Crippen molar-refractivity contribution in [1.29, 1.82) is 0 Å². The van der Waals surface area contributed by atoms with Gasteiger partial charge in [-0.1, -0.05) is 0 Å². The molecular weight excluding hydrogens is 409 g/mol. The summed E-state index contributed by atoms with van der Waals surface area (Å²) in [6, 6.07) is 4.90. The Hall–Kier alpha value is -3.27. The highest BCUT2D eigenvalue weighted by atomic mass is 19.4. The third kappa shape index (κ3) is 4.91. The largest absolute Gasteiger partial charge is 0.507 e. The SMILES string of the molecule is Cc1cc(C(F)(F)F)cc(O)c1-c1ccc(C=NC2CCC(N)=C(N(C)N)C2)c(N)n1. The van der Waals surface area contributed by atoms with Gasteiger partial charge in [0.15, 0.2) is 0 Å². The number of allylic oxidation sites excluding steroid dienone is 1. The fourth-order valence-electron chi connectivity index (χ4n) is 3.61. The molecule has 1 aliphatic rings. The number of phenols is 1. The standard InChI is InChI=1S/C21H25F3N6O/c1-11-7-13(21(22,23)24)8-18(31)19(11)16-6-3-12(20(26)29-16)10-28-14-4-5-15(25)17(9-14)30(2)27/h3,6-8,10,14,31H,4-5,9,25,27H2,1-2H3,(H2,26,29). The van der Waals surface area contributed by atoms with Gasteiger partial charge in [0, 0.05) is 42.2 Å². The van der Waals surface area contributed by atoms with E-state index in [9.17, 15) is 18.3 Å². The molecule has 7 N–H and O–H groups in total. The van der Waals surface area contributed by atoms with Crippen LogP contribution in [0.5, 0.6) is 5.75 Å². The van der Waals surface area contributed by atoms with Crippen molar-refractivity contribution in [2.75, 3.05) is 12.8 Å². The fourth-order valence-corrected chi connectivity index (χ4v) is 3.61. The van der Waals surface area contributed by atoms with Gasteiger partial charge in [0.1, 0.15) is 11.6 Å². The molecule has 0 aliphatic heterocycles. The zero-order chi connectivity index (χ0) is 22.9. The molecule has 0 bridgehead atoms. The van der Waals surface area contributed by atoms with E-state index in [4.69, 9.17) is 17.3 Å². The number of rotatable bonds is 4. The van der Waals surface area contributed by atoms with Gasteiger partial charge < -0.3 is 21.6 Å². The van der Waals surface area contributed by atoms with Crippen LogP contribution in [0.3, 0.4) is 0 Å². The Bertz CT molecular complexity index is 1020. The topological polar surface area (TPSA) is 127 Å². The van der Waals surface area contributed by atoms with E-state index in [0.717, 1.165) is 23.9 Å². The van der Waals surface area contributed by atoms with E-state index in [1.54, 1.807) is 25.4 Å². The van der Waals surface area contributed by atoms with Gasteiger partial charge in [-0.3, -0.25) is 4.99 Å². The number of alkyl halides is 3. The van der Waals surface area contributed by atoms with Crippen molar-refractivity contribution in [1.82, 2.24) is 9.99 Å². The van der Waals surface area contributed by atoms with Crippen molar-refractivity contribution in [3.05, 3.63) is 52.3 Å². The highest BCUT2D eigenvalue weighted by Crippen LogP contribution is 2.38. The lowest BCUT2D eigenvalue weighted by atomic mass is 9.96. The Labute approximate surface area is 178 Å². The van der Waals surface area contributed by atoms with Crippen LogP contribution in [0.2, 0.25) is 0 Å². The minimum Gasteiger partial charge on any atom is -0.507 e. The first kappa shape index (κ1) is 22.4. The van der Waals surface area contributed by atoms with Crippen molar-refractivity contribution < 1.29 is 18.3 Å². The predicted molar refractivity (Wildman–Crippen MR) is 114 cm³/mol. The molecule has 3 rings (SSSR count). The van der Waals surface area contributed by atoms with Crippen LogP contribution in [0.25, 0.3) is 11.3 Å². The van der Waals surface area contributed by atoms with E-state index in [1.807, 2.05) is 0 Å². The number of halogens is 3. The Kier molecular flexibility index (Phi) is 6.12. The number of aromatic nitrogens is 1. The van der Waals surface area contributed by atoms with Gasteiger partial charge in [-0.2, -0.15) is 13.2 Å². The second-order valence-corrected chi connectivity index (χ2v) is 7.61. The first-order chi connectivity index (χ1) is 14.5. The van der Waals surface area contributed by atoms with Gasteiger partial charge in [-0.15, -0.1) is 0 Å². The molecule has 1 aromatic heterocycles. The van der Waals surface area contributed by atoms with Crippen molar-refractivity contribution >= 4 is 12.0 Å². The monoisotopic (exact) mass is 434 g/mol. The number of nitrogens with zero attached hydrogens (tertiary/aromatic N) is 3. The van der Waals surface area contributed by atoms with Gasteiger partial charge in [0.25, 0.3) is 0 Å². The molecule has 1 unspecified atom stereocenters. The van der Waals surface area contributed by atoms with Crippen LogP contribution in [0.4, 0.5) is 19.0 Å². The number of pyridine rings is 1. The first-order valence-electron chi connectivity index (χ1n) is 9.64. The van der Waals surface area contributed by atoms with E-state index in [-0.39, 0.29) is 28.7 Å². The molecule has 0 amide bonds. The molecule has 0 saturated carbocycles. The van der Waals surface area contributed by atoms with Gasteiger partial charge >= 0.3 is 6.18 Å². The molecule has 10 heteroatoms. The summed E-state index contributed by atoms with van der Waals surface area (Å²) >= 11 is 0. The molecule has 2 aromatic rings. The lowest BCUT2D eigenvalue weighted by Crippen LogP contribution is -2.32. The van der Waals surface area contributed by atoms with Crippen molar-refractivity contribution in [2.24, 2.45) is 16.6 Å². The molecule has 0 radical (unpaired) electrons. The summed E-state index contributed by atoms with van der Waals surface area (Å²) in [6.07, 6.45) is -0.849. The normalized spacial score (nSPS) is 17.4. The number of hydrogen-bond donors (Lipinski definition) is 4. The number of nitrogen functional groups attached to an aromatic ring is 1. The molecule has 1 atom stereocenters. The molecule has 31 heavy (non-hydrogen) atoms. The quantitative estimate of drug-likeness (QED) is 0.332. The van der Waals surface area contributed by atoms with Crippen LogP contribution in [-0.4, -0.2) is 34.4 Å². The Balaban J connectivity index is 1.84. The Morgan fingerprint density at radius 3 is 2.55 bits per heavy atom. The molecular formula is C21H25F3N6O. The van der Waals surface area contributed by atoms with Gasteiger partial charge in [-0.05, 0) is 49.6 Å². The minimum atomic E-state index is -4.55. The average molecular weight is 434 g/mol. The van der Waals surface area contributed by atoms with E-state index in [0.29, 0.717) is 24.5 Å². The number of aliphatic imine (C=N–C) groups is 1. The van der Waals surface area contributed by atoms with E-state index in [2.05, 4.69) is 9.98 Å². The van der Waals surface area contributed by atoms with Crippen molar-refractivity contribution in [3.8, 4) is 17.0 Å². The Morgan fingerprint density at radius 1 is 1.26 bits per heavy atom. The smallest absolute Gasteiger partial charge is 0.416 e. The Morgan fingerprint density at radius 2 is 1.97 bits per heavy atom. The van der Waals surface area contributed by atoms with Crippen LogP contribution >= 0.6 is 0 Å². The molecule has 166 valence electrons. The number of phenolic OH excluding ortho intramolecular Hbond substituents is 1. The number of hydrogen-bond acceptors (Lipinski definition) is 7. The van der Waals surface area contributed by atoms with Crippen molar-refractivity contribution in [2.45, 2.75) is 38.4 Å². The highest BCUT2D eigenvalue weighted by Gasteiger charge is 2.32. The zero-order valence-corrected chi connectivity index (χ0v) is 17.2. The van der Waals surface area contributed by atoms with Gasteiger partial charge in [0.05, 0.1) is 17.3 Å². The molecule has 0 saturated heterocycles. The summed E-state index contributed by atoms with van der Waals surface area (Å²) < 4.78 is 38.8. The van der Waals surface area contributed by atoms with Gasteiger partial charge in [0.2, 0.25) is 0 Å². The summed E-state index contributed by atoms with van der Waals surface area (Å²) in [7, 11) is 1.73. The first-order valence-corrected chi connectivity index (χ1v) is 9.64. The number of nitrogens with two attached hydrogens (primary N) is 3. The summed E-state index contributed by atoms with van der Waals surface area (Å²) in [5.41, 5.74) is 14.0. The lowest BCUT2D eigenvalue weighted by molar-refractivity contribution is -0.137. The van der Waals surface area contributed by atoms with Crippen LogP contribution in [0.1, 0.15) is 36.0 Å². The molecule has 0 fully saturated rings. The van der Waals surface area contributed by atoms with Crippen molar-refractivity contribution in [3.63, 3.8) is 0 Å². The molecule has 7 nitrogen and oxygen atoms in total. The minimum absolute atomic E-state index is 0.00595. The summed E-state index contributed by atoms with van der Waals surface area (Å²) in [5, 5.41) is 11.7. The van der Waals surface area contributed by atoms with Crippen LogP contribution in [-0.2, 0) is 6.18 Å². The molecule has 0 spiro atoms. The highest BCUT2D eigenvalue weighted by molar-refractivity contribution is 5.87. The van der Waals surface area contributed by atoms with Crippen LogP contribution in [0.15, 0.2) is 40.7 Å². The van der Waals surface area contributed by atoms with Crippen LogP contribution < -0.4 is 17.3 Å². The number of aryl methyl sites for hydroxylation is 1. The van der Waals surface area contributed by atoms with Gasteiger partial charge in [-0.25, -0.2) is 10.8 Å². The third-order valence-electron chi connectivity index (χ3n) is 5.25. The van der Waals surface area contributed by atoms with E-state index >= 15 is 0 Å². The fraction of sp³-hybridized carbons (Fsp3) is 0.333. The summed E-state index contributed by atoms with van der Waals surface area (Å²) in [5.74, 6) is 5.46. The number of aromatic hydroxyl groups is 1. The van der Waals surface area contributed by atoms with E-state index < -0.39 is 17.5 Å². The summed E-state index contributed by atoms with van der Waals surface area (Å²) in [6.45, 7) is 1.48. The number of hydrazine groups is 1. The maximum atomic E-state index is 12.9. The second kappa shape index (κ2) is 8.46. The second-order valence-electron chi connectivity index (χ2n) is 7.61. The number of anilines is 1. The maximum absolute atomic E-state index is 12.9. The third-order valence-corrected chi connectivity index (χ3v) is 5.25. The van der Waals surface area contributed by atoms with Crippen LogP contribution in [0, 0.1) is 6.92 Å². The summed E-state index contributed by atoms with van der Waals surface area (Å²) in [4.78, 5) is 8.83. The lowest BCUT2D eigenvalue weighted by Gasteiger charge is -2.27. The average Bonchev–Trinajstić information content (AvgIpc) is 2.67.